The first-order chi connectivity index (χ1) is 36.0. The SMILES string of the molecule is CC/C=C\C/C=C\C/C=C\C/C=C\C/C=C\C/C=C\CCCCCCC(=O)OCC(COC(=O)CCCCCCCCCCCCC)OC(=O)CCCCCCCC/C=C\C/C=C\C/C=C\CCCCCCC. The predicted molar refractivity (Wildman–Crippen MR) is 316 cm³/mol. The second-order valence-corrected chi connectivity index (χ2v) is 19.9. The minimum Gasteiger partial charge on any atom is -0.462 e. The largest absolute Gasteiger partial charge is 0.462 e. The molecule has 0 N–H and O–H groups in total. The van der Waals surface area contributed by atoms with Crippen molar-refractivity contribution >= 4 is 17.9 Å². The molecule has 1 atom stereocenters. The van der Waals surface area contributed by atoms with Crippen molar-refractivity contribution in [2.24, 2.45) is 0 Å². The fourth-order valence-electron chi connectivity index (χ4n) is 8.22. The number of hydrogen-bond donors (Lipinski definition) is 0. The maximum absolute atomic E-state index is 12.9. The van der Waals surface area contributed by atoms with Gasteiger partial charge in [0.15, 0.2) is 6.10 Å². The van der Waals surface area contributed by atoms with Crippen LogP contribution in [0.4, 0.5) is 0 Å². The molecule has 0 rings (SSSR count). The summed E-state index contributed by atoms with van der Waals surface area (Å²) in [5, 5.41) is 0. The standard InChI is InChI=1S/C67H112O6/c1-4-7-10-13-16-19-22-24-26-28-30-32-33-35-36-38-40-42-45-48-51-54-57-60-66(69)72-63-64(62-71-65(68)59-56-53-50-47-44-21-18-15-12-9-6-3)73-67(70)61-58-55-52-49-46-43-41-39-37-34-31-29-27-25-23-20-17-14-11-8-5-2/h7,10,16,19,23-26,29-32,35-37,39-40,42,64H,4-6,8-9,11-15,17-18,20-22,27-28,33-34,38,41,43-63H2,1-3H3/b10-7-,19-16-,25-23-,26-24-,31-29-,32-30-,36-35-,39-37-,42-40-. The van der Waals surface area contributed by atoms with Crippen LogP contribution in [0.25, 0.3) is 0 Å². The van der Waals surface area contributed by atoms with Crippen LogP contribution in [0.5, 0.6) is 0 Å². The minimum absolute atomic E-state index is 0.0914. The highest BCUT2D eigenvalue weighted by molar-refractivity contribution is 5.71. The van der Waals surface area contributed by atoms with E-state index in [1.54, 1.807) is 0 Å². The first kappa shape index (κ1) is 69.1. The van der Waals surface area contributed by atoms with Crippen molar-refractivity contribution in [2.45, 2.75) is 284 Å². The van der Waals surface area contributed by atoms with Gasteiger partial charge in [0, 0.05) is 19.3 Å². The number of ether oxygens (including phenoxy) is 3. The Morgan fingerprint density at radius 1 is 0.288 bits per heavy atom. The molecule has 0 aromatic heterocycles. The summed E-state index contributed by atoms with van der Waals surface area (Å²) in [6, 6.07) is 0. The lowest BCUT2D eigenvalue weighted by Crippen LogP contribution is -2.30. The van der Waals surface area contributed by atoms with Gasteiger partial charge in [-0.1, -0.05) is 259 Å². The molecule has 0 aliphatic carbocycles. The number of hydrogen-bond acceptors (Lipinski definition) is 6. The van der Waals surface area contributed by atoms with Gasteiger partial charge in [-0.25, -0.2) is 0 Å². The van der Waals surface area contributed by atoms with E-state index in [1.807, 2.05) is 0 Å². The Bertz CT molecular complexity index is 1490. The van der Waals surface area contributed by atoms with Gasteiger partial charge in [0.2, 0.25) is 0 Å². The van der Waals surface area contributed by atoms with Crippen molar-refractivity contribution < 1.29 is 28.6 Å². The minimum atomic E-state index is -0.797. The third kappa shape index (κ3) is 58.8. The molecule has 0 bridgehead atoms. The topological polar surface area (TPSA) is 78.9 Å². The van der Waals surface area contributed by atoms with Crippen molar-refractivity contribution in [1.82, 2.24) is 0 Å². The lowest BCUT2D eigenvalue weighted by atomic mass is 10.1. The zero-order chi connectivity index (χ0) is 52.9. The highest BCUT2D eigenvalue weighted by Crippen LogP contribution is 2.15. The summed E-state index contributed by atoms with van der Waals surface area (Å²) in [4.78, 5) is 38.2. The van der Waals surface area contributed by atoms with Crippen molar-refractivity contribution in [2.75, 3.05) is 13.2 Å². The summed E-state index contributed by atoms with van der Waals surface area (Å²) in [5.74, 6) is -0.927. The highest BCUT2D eigenvalue weighted by Gasteiger charge is 2.19. The van der Waals surface area contributed by atoms with Crippen LogP contribution in [-0.4, -0.2) is 37.2 Å². The number of rotatable bonds is 54. The number of esters is 3. The van der Waals surface area contributed by atoms with E-state index in [1.165, 1.54) is 103 Å². The molecule has 1 unspecified atom stereocenters. The zero-order valence-electron chi connectivity index (χ0n) is 47.6. The van der Waals surface area contributed by atoms with Gasteiger partial charge in [-0.15, -0.1) is 0 Å². The van der Waals surface area contributed by atoms with E-state index in [-0.39, 0.29) is 31.1 Å². The number of unbranched alkanes of at least 4 members (excludes halogenated alkanes) is 25. The van der Waals surface area contributed by atoms with Crippen LogP contribution in [0.15, 0.2) is 109 Å². The third-order valence-corrected chi connectivity index (χ3v) is 12.8. The van der Waals surface area contributed by atoms with Crippen LogP contribution < -0.4 is 0 Å². The van der Waals surface area contributed by atoms with Gasteiger partial charge in [0.1, 0.15) is 13.2 Å². The summed E-state index contributed by atoms with van der Waals surface area (Å²) < 4.78 is 16.9. The average Bonchev–Trinajstić information content (AvgIpc) is 3.39. The summed E-state index contributed by atoms with van der Waals surface area (Å²) in [6.07, 6.45) is 82.2. The van der Waals surface area contributed by atoms with Gasteiger partial charge >= 0.3 is 17.9 Å². The first-order valence-electron chi connectivity index (χ1n) is 30.4. The molecular weight excluding hydrogens is 901 g/mol. The van der Waals surface area contributed by atoms with Crippen LogP contribution >= 0.6 is 0 Å². The van der Waals surface area contributed by atoms with Gasteiger partial charge in [-0.3, -0.25) is 14.4 Å². The summed E-state index contributed by atoms with van der Waals surface area (Å²) in [7, 11) is 0. The molecule has 416 valence electrons. The Kier molecular flexibility index (Phi) is 57.4. The molecule has 0 saturated heterocycles. The molecule has 0 fully saturated rings. The van der Waals surface area contributed by atoms with E-state index in [0.29, 0.717) is 19.3 Å². The van der Waals surface area contributed by atoms with Crippen LogP contribution in [0, 0.1) is 0 Å². The molecule has 6 nitrogen and oxygen atoms in total. The molecule has 0 aliphatic heterocycles. The van der Waals surface area contributed by atoms with E-state index in [9.17, 15) is 14.4 Å². The smallest absolute Gasteiger partial charge is 0.306 e. The molecule has 0 aromatic carbocycles. The van der Waals surface area contributed by atoms with Crippen molar-refractivity contribution in [3.05, 3.63) is 109 Å². The maximum Gasteiger partial charge on any atom is 0.306 e. The van der Waals surface area contributed by atoms with Crippen LogP contribution in [-0.2, 0) is 28.6 Å². The fourth-order valence-corrected chi connectivity index (χ4v) is 8.22. The van der Waals surface area contributed by atoms with Crippen molar-refractivity contribution in [3.8, 4) is 0 Å². The summed E-state index contributed by atoms with van der Waals surface area (Å²) >= 11 is 0. The van der Waals surface area contributed by atoms with Crippen LogP contribution in [0.3, 0.4) is 0 Å². The quantitative estimate of drug-likeness (QED) is 0.0261. The van der Waals surface area contributed by atoms with E-state index >= 15 is 0 Å². The molecule has 73 heavy (non-hydrogen) atoms. The van der Waals surface area contributed by atoms with Gasteiger partial charge < -0.3 is 14.2 Å². The predicted octanol–water partition coefficient (Wildman–Crippen LogP) is 20.7. The molecule has 0 saturated carbocycles. The Morgan fingerprint density at radius 2 is 0.534 bits per heavy atom. The average molecular weight is 1010 g/mol. The second-order valence-electron chi connectivity index (χ2n) is 19.9. The first-order valence-corrected chi connectivity index (χ1v) is 30.4. The van der Waals surface area contributed by atoms with Gasteiger partial charge in [-0.2, -0.15) is 0 Å². The lowest BCUT2D eigenvalue weighted by Gasteiger charge is -2.18. The van der Waals surface area contributed by atoms with E-state index < -0.39 is 6.10 Å². The molecule has 0 aliphatic rings. The van der Waals surface area contributed by atoms with E-state index in [4.69, 9.17) is 14.2 Å². The number of allylic oxidation sites excluding steroid dienone is 18. The zero-order valence-corrected chi connectivity index (χ0v) is 47.6. The van der Waals surface area contributed by atoms with Crippen LogP contribution in [0.2, 0.25) is 0 Å². The molecular formula is C67H112O6. The number of carbonyl (C=O) groups excluding carboxylic acids is 3. The molecule has 0 heterocycles. The normalized spacial score (nSPS) is 12.9. The number of carbonyl (C=O) groups is 3. The molecule has 0 spiro atoms. The molecule has 0 aromatic rings. The van der Waals surface area contributed by atoms with Gasteiger partial charge in [0.05, 0.1) is 0 Å². The Balaban J connectivity index is 4.41. The van der Waals surface area contributed by atoms with E-state index in [0.717, 1.165) is 135 Å². The lowest BCUT2D eigenvalue weighted by molar-refractivity contribution is -0.167. The maximum atomic E-state index is 12.9. The van der Waals surface area contributed by atoms with Gasteiger partial charge in [-0.05, 0) is 109 Å². The fraction of sp³-hybridized carbons (Fsp3) is 0.687. The molecule has 0 amide bonds. The van der Waals surface area contributed by atoms with Crippen molar-refractivity contribution in [3.63, 3.8) is 0 Å². The molecule has 6 heteroatoms. The Labute approximate surface area is 450 Å². The Morgan fingerprint density at radius 3 is 0.836 bits per heavy atom. The molecule has 0 radical (unpaired) electrons. The van der Waals surface area contributed by atoms with Crippen molar-refractivity contribution in [1.29, 1.82) is 0 Å². The highest BCUT2D eigenvalue weighted by atomic mass is 16.6. The van der Waals surface area contributed by atoms with Gasteiger partial charge in [0.25, 0.3) is 0 Å². The third-order valence-electron chi connectivity index (χ3n) is 12.8. The van der Waals surface area contributed by atoms with Crippen LogP contribution in [0.1, 0.15) is 278 Å². The summed E-state index contributed by atoms with van der Waals surface area (Å²) in [6.45, 7) is 6.48. The summed E-state index contributed by atoms with van der Waals surface area (Å²) in [5.41, 5.74) is 0. The Hall–Kier alpha value is -3.93. The second kappa shape index (κ2) is 60.6. The monoisotopic (exact) mass is 1010 g/mol. The van der Waals surface area contributed by atoms with E-state index in [2.05, 4.69) is 130 Å².